The number of nitrogens with zero attached hydrogens (tertiary/aromatic N) is 2. The molecular formula is C26H33FN2O2. The average molecular weight is 425 g/mol. The standard InChI is InChI=1S/C26H33FN2O2/c1-28(2)11-3-10-26(23-5-7-24(27)8-6-23)25-9-4-19(12-20(25)18-31-26)13-29-14-21-16-30-17-22(21)15-29/h4-9,12,21-22H,3,10-11,13-18H2,1-2H3. The SMILES string of the molecule is CN(C)CCCC1(c2ccc(F)cc2)OCc2cc(CN3CC4COCC4C3)ccc21. The van der Waals surface area contributed by atoms with E-state index < -0.39 is 5.60 Å². The molecule has 0 aromatic heterocycles. The van der Waals surface area contributed by atoms with Gasteiger partial charge in [0.05, 0.1) is 19.8 Å². The van der Waals surface area contributed by atoms with Crippen molar-refractivity contribution in [2.45, 2.75) is 31.6 Å². The summed E-state index contributed by atoms with van der Waals surface area (Å²) in [6.45, 7) is 6.73. The Morgan fingerprint density at radius 3 is 2.52 bits per heavy atom. The summed E-state index contributed by atoms with van der Waals surface area (Å²) in [5.41, 5.74) is 4.43. The molecule has 0 spiro atoms. The smallest absolute Gasteiger partial charge is 0.123 e. The Bertz CT molecular complexity index is 904. The monoisotopic (exact) mass is 424 g/mol. The van der Waals surface area contributed by atoms with E-state index in [0.29, 0.717) is 18.4 Å². The zero-order valence-electron chi connectivity index (χ0n) is 18.6. The highest BCUT2D eigenvalue weighted by atomic mass is 19.1. The number of benzene rings is 2. The number of fused-ring (bicyclic) bond motifs is 2. The van der Waals surface area contributed by atoms with E-state index in [-0.39, 0.29) is 5.82 Å². The van der Waals surface area contributed by atoms with E-state index in [9.17, 15) is 4.39 Å². The molecule has 3 aliphatic heterocycles. The Morgan fingerprint density at radius 2 is 1.81 bits per heavy atom. The van der Waals surface area contributed by atoms with Gasteiger partial charge in [-0.05, 0) is 67.9 Å². The topological polar surface area (TPSA) is 24.9 Å². The quantitative estimate of drug-likeness (QED) is 0.670. The molecule has 3 atom stereocenters. The van der Waals surface area contributed by atoms with Crippen molar-refractivity contribution in [3.8, 4) is 0 Å². The van der Waals surface area contributed by atoms with Crippen LogP contribution in [0.5, 0.6) is 0 Å². The van der Waals surface area contributed by atoms with Crippen molar-refractivity contribution in [3.05, 3.63) is 70.5 Å². The summed E-state index contributed by atoms with van der Waals surface area (Å²) in [6, 6.07) is 13.7. The highest BCUT2D eigenvalue weighted by Crippen LogP contribution is 2.45. The molecule has 3 unspecified atom stereocenters. The van der Waals surface area contributed by atoms with Crippen molar-refractivity contribution < 1.29 is 13.9 Å². The van der Waals surface area contributed by atoms with E-state index >= 15 is 0 Å². The molecule has 0 amide bonds. The Labute approximate surface area is 184 Å². The molecule has 4 nitrogen and oxygen atoms in total. The van der Waals surface area contributed by atoms with Gasteiger partial charge >= 0.3 is 0 Å². The molecule has 166 valence electrons. The third kappa shape index (κ3) is 4.17. The van der Waals surface area contributed by atoms with Gasteiger partial charge in [0, 0.05) is 31.5 Å². The van der Waals surface area contributed by atoms with Crippen molar-refractivity contribution in [1.29, 1.82) is 0 Å². The Hall–Kier alpha value is -1.79. The van der Waals surface area contributed by atoms with E-state index in [1.54, 1.807) is 12.1 Å². The van der Waals surface area contributed by atoms with Crippen molar-refractivity contribution in [2.24, 2.45) is 11.8 Å². The molecule has 0 radical (unpaired) electrons. The molecule has 3 aliphatic rings. The highest BCUT2D eigenvalue weighted by molar-refractivity contribution is 5.45. The van der Waals surface area contributed by atoms with Crippen LogP contribution in [-0.4, -0.2) is 56.7 Å². The summed E-state index contributed by atoms with van der Waals surface area (Å²) in [5, 5.41) is 0. The van der Waals surface area contributed by atoms with Gasteiger partial charge in [-0.1, -0.05) is 30.3 Å². The summed E-state index contributed by atoms with van der Waals surface area (Å²) in [6.07, 6.45) is 1.91. The fraction of sp³-hybridized carbons (Fsp3) is 0.538. The minimum Gasteiger partial charge on any atom is -0.381 e. The largest absolute Gasteiger partial charge is 0.381 e. The summed E-state index contributed by atoms with van der Waals surface area (Å²) < 4.78 is 25.8. The lowest BCUT2D eigenvalue weighted by atomic mass is 9.81. The minimum absolute atomic E-state index is 0.207. The Morgan fingerprint density at radius 1 is 1.06 bits per heavy atom. The van der Waals surface area contributed by atoms with Gasteiger partial charge in [0.25, 0.3) is 0 Å². The molecule has 5 rings (SSSR count). The molecular weight excluding hydrogens is 391 g/mol. The van der Waals surface area contributed by atoms with Gasteiger partial charge < -0.3 is 14.4 Å². The van der Waals surface area contributed by atoms with Crippen LogP contribution in [0.25, 0.3) is 0 Å². The van der Waals surface area contributed by atoms with E-state index in [4.69, 9.17) is 9.47 Å². The number of likely N-dealkylation sites (tertiary alicyclic amines) is 1. The van der Waals surface area contributed by atoms with Crippen molar-refractivity contribution in [2.75, 3.05) is 46.9 Å². The molecule has 2 aromatic rings. The van der Waals surface area contributed by atoms with E-state index in [0.717, 1.165) is 57.8 Å². The normalized spacial score (nSPS) is 27.7. The maximum atomic E-state index is 13.6. The molecule has 2 aromatic carbocycles. The van der Waals surface area contributed by atoms with Crippen molar-refractivity contribution in [3.63, 3.8) is 0 Å². The first-order chi connectivity index (χ1) is 15.0. The van der Waals surface area contributed by atoms with Gasteiger partial charge in [-0.2, -0.15) is 0 Å². The van der Waals surface area contributed by atoms with Gasteiger partial charge in [-0.3, -0.25) is 4.90 Å². The molecule has 0 saturated carbocycles. The summed E-state index contributed by atoms with van der Waals surface area (Å²) in [7, 11) is 4.19. The van der Waals surface area contributed by atoms with E-state index in [1.165, 1.54) is 16.7 Å². The number of hydrogen-bond donors (Lipinski definition) is 0. The number of rotatable bonds is 7. The van der Waals surface area contributed by atoms with Gasteiger partial charge in [0.1, 0.15) is 11.4 Å². The van der Waals surface area contributed by atoms with Crippen LogP contribution in [0.2, 0.25) is 0 Å². The highest BCUT2D eigenvalue weighted by Gasteiger charge is 2.42. The molecule has 0 N–H and O–H groups in total. The number of ether oxygens (including phenoxy) is 2. The zero-order chi connectivity index (χ0) is 21.4. The second-order valence-corrected chi connectivity index (χ2v) is 9.77. The fourth-order valence-electron chi connectivity index (χ4n) is 5.66. The van der Waals surface area contributed by atoms with Crippen LogP contribution in [-0.2, 0) is 28.2 Å². The van der Waals surface area contributed by atoms with Gasteiger partial charge in [-0.15, -0.1) is 0 Å². The van der Waals surface area contributed by atoms with Crippen LogP contribution >= 0.6 is 0 Å². The predicted octanol–water partition coefficient (Wildman–Crippen LogP) is 4.02. The lowest BCUT2D eigenvalue weighted by molar-refractivity contribution is -0.0140. The average Bonchev–Trinajstić information content (AvgIpc) is 3.42. The maximum absolute atomic E-state index is 13.6. The number of halogens is 1. The van der Waals surface area contributed by atoms with Crippen LogP contribution in [0.3, 0.4) is 0 Å². The van der Waals surface area contributed by atoms with Crippen LogP contribution < -0.4 is 0 Å². The van der Waals surface area contributed by atoms with Crippen LogP contribution in [0.4, 0.5) is 4.39 Å². The molecule has 31 heavy (non-hydrogen) atoms. The van der Waals surface area contributed by atoms with E-state index in [2.05, 4.69) is 42.1 Å². The zero-order valence-corrected chi connectivity index (χ0v) is 18.6. The van der Waals surface area contributed by atoms with Gasteiger partial charge in [0.2, 0.25) is 0 Å². The predicted molar refractivity (Wildman–Crippen MR) is 119 cm³/mol. The minimum atomic E-state index is -0.487. The molecule has 3 heterocycles. The molecule has 5 heteroatoms. The third-order valence-electron chi connectivity index (χ3n) is 7.25. The molecule has 0 aliphatic carbocycles. The van der Waals surface area contributed by atoms with E-state index in [1.807, 2.05) is 12.1 Å². The Kier molecular flexibility index (Phi) is 5.86. The second-order valence-electron chi connectivity index (χ2n) is 9.77. The Balaban J connectivity index is 1.38. The van der Waals surface area contributed by atoms with Gasteiger partial charge in [-0.25, -0.2) is 4.39 Å². The first kappa shape index (κ1) is 21.1. The molecule has 0 bridgehead atoms. The fourth-order valence-corrected chi connectivity index (χ4v) is 5.66. The second kappa shape index (κ2) is 8.62. The molecule has 2 saturated heterocycles. The lowest BCUT2D eigenvalue weighted by Gasteiger charge is -2.31. The van der Waals surface area contributed by atoms with Crippen LogP contribution in [0.1, 0.15) is 35.1 Å². The lowest BCUT2D eigenvalue weighted by Crippen LogP contribution is -2.28. The first-order valence-corrected chi connectivity index (χ1v) is 11.5. The maximum Gasteiger partial charge on any atom is 0.123 e. The van der Waals surface area contributed by atoms with Crippen LogP contribution in [0, 0.1) is 17.7 Å². The summed E-state index contributed by atoms with van der Waals surface area (Å²) in [4.78, 5) is 4.77. The van der Waals surface area contributed by atoms with Crippen molar-refractivity contribution in [1.82, 2.24) is 9.80 Å². The molecule has 2 fully saturated rings. The number of hydrogen-bond acceptors (Lipinski definition) is 4. The van der Waals surface area contributed by atoms with Gasteiger partial charge in [0.15, 0.2) is 0 Å². The van der Waals surface area contributed by atoms with Crippen LogP contribution in [0.15, 0.2) is 42.5 Å². The van der Waals surface area contributed by atoms with Crippen molar-refractivity contribution >= 4 is 0 Å². The first-order valence-electron chi connectivity index (χ1n) is 11.5. The summed E-state index contributed by atoms with van der Waals surface area (Å²) >= 11 is 0. The third-order valence-corrected chi connectivity index (χ3v) is 7.25. The summed E-state index contributed by atoms with van der Waals surface area (Å²) in [5.74, 6) is 1.21.